The number of carbonyl (C=O) groups excluding carboxylic acids is 2. The topological polar surface area (TPSA) is 89.5 Å². The monoisotopic (exact) mass is 397 g/mol. The molecule has 1 unspecified atom stereocenters. The largest absolute Gasteiger partial charge is 0.449 e. The minimum Gasteiger partial charge on any atom is -0.449 e. The van der Waals surface area contributed by atoms with Crippen molar-refractivity contribution in [2.24, 2.45) is 0 Å². The maximum Gasteiger partial charge on any atom is 0.341 e. The third-order valence-electron chi connectivity index (χ3n) is 3.62. The molecule has 27 heavy (non-hydrogen) atoms. The van der Waals surface area contributed by atoms with Gasteiger partial charge in [0.1, 0.15) is 0 Å². The molecule has 0 fully saturated rings. The number of benzene rings is 2. The van der Waals surface area contributed by atoms with Crippen molar-refractivity contribution < 1.29 is 31.5 Å². The Morgan fingerprint density at radius 3 is 2.19 bits per heavy atom. The van der Waals surface area contributed by atoms with Crippen LogP contribution in [0.5, 0.6) is 0 Å². The van der Waals surface area contributed by atoms with Crippen molar-refractivity contribution in [2.75, 3.05) is 0 Å². The van der Waals surface area contributed by atoms with Crippen LogP contribution in [0, 0.1) is 0 Å². The summed E-state index contributed by atoms with van der Waals surface area (Å²) in [5.74, 6) is -4.94. The van der Waals surface area contributed by atoms with Gasteiger partial charge in [-0.1, -0.05) is 30.3 Å². The summed E-state index contributed by atoms with van der Waals surface area (Å²) in [6.45, 7) is 1.65. The van der Waals surface area contributed by atoms with Gasteiger partial charge in [-0.2, -0.15) is 8.78 Å². The first-order chi connectivity index (χ1) is 12.7. The van der Waals surface area contributed by atoms with Crippen molar-refractivity contribution >= 4 is 21.7 Å². The van der Waals surface area contributed by atoms with Crippen LogP contribution in [0.25, 0.3) is 0 Å². The number of rotatable bonds is 7. The highest BCUT2D eigenvalue weighted by molar-refractivity contribution is 7.91. The molecule has 1 N–H and O–H groups in total. The molecule has 0 aromatic heterocycles. The Morgan fingerprint density at radius 1 is 1.04 bits per heavy atom. The second-order valence-electron chi connectivity index (χ2n) is 5.58. The van der Waals surface area contributed by atoms with Crippen LogP contribution < -0.4 is 5.32 Å². The maximum absolute atomic E-state index is 12.5. The molecule has 1 amide bonds. The first-order valence-electron chi connectivity index (χ1n) is 7.86. The molecule has 0 bridgehead atoms. The van der Waals surface area contributed by atoms with Gasteiger partial charge in [0, 0.05) is 6.54 Å². The van der Waals surface area contributed by atoms with E-state index in [-0.39, 0.29) is 12.1 Å². The van der Waals surface area contributed by atoms with Crippen molar-refractivity contribution in [3.63, 3.8) is 0 Å². The number of sulfone groups is 1. The standard InChI is InChI=1S/C18H17F2NO5S/c1-12(16(22)21-11-13-5-3-2-4-6-13)26-17(23)14-7-9-15(10-8-14)27(24,25)18(19)20/h2-10,12,18H,11H2,1H3,(H,21,22). The number of halogens is 2. The van der Waals surface area contributed by atoms with Crippen LogP contribution in [0.15, 0.2) is 59.5 Å². The van der Waals surface area contributed by atoms with E-state index in [1.54, 1.807) is 0 Å². The van der Waals surface area contributed by atoms with Gasteiger partial charge in [0.05, 0.1) is 10.5 Å². The second-order valence-corrected chi connectivity index (χ2v) is 7.50. The van der Waals surface area contributed by atoms with E-state index < -0.39 is 38.5 Å². The second kappa shape index (κ2) is 8.72. The van der Waals surface area contributed by atoms with Crippen LogP contribution in [0.4, 0.5) is 8.78 Å². The molecule has 0 aliphatic carbocycles. The normalized spacial score (nSPS) is 12.4. The third kappa shape index (κ3) is 5.33. The highest BCUT2D eigenvalue weighted by atomic mass is 32.2. The lowest BCUT2D eigenvalue weighted by atomic mass is 10.2. The molecular weight excluding hydrogens is 380 g/mol. The van der Waals surface area contributed by atoms with Crippen molar-refractivity contribution in [3.8, 4) is 0 Å². The molecule has 0 saturated carbocycles. The summed E-state index contributed by atoms with van der Waals surface area (Å²) < 4.78 is 52.7. The van der Waals surface area contributed by atoms with E-state index in [4.69, 9.17) is 4.74 Å². The number of esters is 1. The molecular formula is C18H17F2NO5S. The van der Waals surface area contributed by atoms with E-state index in [2.05, 4.69) is 5.32 Å². The van der Waals surface area contributed by atoms with E-state index in [0.29, 0.717) is 0 Å². The van der Waals surface area contributed by atoms with Crippen molar-refractivity contribution in [1.82, 2.24) is 5.32 Å². The number of hydrogen-bond donors (Lipinski definition) is 1. The average Bonchev–Trinajstić information content (AvgIpc) is 2.66. The quantitative estimate of drug-likeness (QED) is 0.726. The van der Waals surface area contributed by atoms with Crippen LogP contribution in [-0.2, 0) is 25.9 Å². The predicted octanol–water partition coefficient (Wildman–Crippen LogP) is 2.54. The van der Waals surface area contributed by atoms with Gasteiger partial charge in [0.2, 0.25) is 9.84 Å². The minimum absolute atomic E-state index is 0.0640. The SMILES string of the molecule is CC(OC(=O)c1ccc(S(=O)(=O)C(F)F)cc1)C(=O)NCc1ccccc1. The molecule has 1 atom stereocenters. The number of alkyl halides is 2. The molecule has 9 heteroatoms. The fourth-order valence-corrected chi connectivity index (χ4v) is 2.82. The highest BCUT2D eigenvalue weighted by Crippen LogP contribution is 2.19. The molecule has 0 aliphatic heterocycles. The lowest BCUT2D eigenvalue weighted by Gasteiger charge is -2.14. The fourth-order valence-electron chi connectivity index (χ4n) is 2.09. The maximum atomic E-state index is 12.5. The van der Waals surface area contributed by atoms with E-state index in [1.807, 2.05) is 30.3 Å². The Kier molecular flexibility index (Phi) is 6.62. The Bertz CT molecular complexity index is 899. The van der Waals surface area contributed by atoms with Crippen LogP contribution in [0.3, 0.4) is 0 Å². The van der Waals surface area contributed by atoms with Gasteiger partial charge in [0.25, 0.3) is 5.91 Å². The molecule has 0 radical (unpaired) electrons. The predicted molar refractivity (Wildman–Crippen MR) is 92.8 cm³/mol. The summed E-state index contributed by atoms with van der Waals surface area (Å²) in [4.78, 5) is 23.4. The van der Waals surface area contributed by atoms with E-state index in [0.717, 1.165) is 29.8 Å². The van der Waals surface area contributed by atoms with Gasteiger partial charge < -0.3 is 10.1 Å². The number of ether oxygens (including phenoxy) is 1. The van der Waals surface area contributed by atoms with E-state index >= 15 is 0 Å². The molecule has 0 aliphatic rings. The zero-order chi connectivity index (χ0) is 20.0. The Balaban J connectivity index is 1.94. The zero-order valence-corrected chi connectivity index (χ0v) is 15.1. The Labute approximate surface area is 155 Å². The molecule has 2 aromatic rings. The van der Waals surface area contributed by atoms with Crippen LogP contribution in [0.2, 0.25) is 0 Å². The van der Waals surface area contributed by atoms with Gasteiger partial charge in [-0.25, -0.2) is 13.2 Å². The number of amides is 1. The van der Waals surface area contributed by atoms with Gasteiger partial charge in [-0.05, 0) is 36.8 Å². The van der Waals surface area contributed by atoms with Crippen molar-refractivity contribution in [2.45, 2.75) is 30.2 Å². The van der Waals surface area contributed by atoms with Gasteiger partial charge in [0.15, 0.2) is 6.10 Å². The number of hydrogen-bond acceptors (Lipinski definition) is 5. The Hall–Kier alpha value is -2.81. The lowest BCUT2D eigenvalue weighted by molar-refractivity contribution is -0.129. The number of nitrogens with one attached hydrogen (secondary N) is 1. The summed E-state index contributed by atoms with van der Waals surface area (Å²) in [5, 5.41) is 2.62. The minimum atomic E-state index is -4.74. The summed E-state index contributed by atoms with van der Waals surface area (Å²) in [7, 11) is -4.74. The average molecular weight is 397 g/mol. The summed E-state index contributed by atoms with van der Waals surface area (Å²) in [6.07, 6.45) is -1.09. The van der Waals surface area contributed by atoms with E-state index in [9.17, 15) is 26.8 Å². The van der Waals surface area contributed by atoms with Crippen LogP contribution in [0.1, 0.15) is 22.8 Å². The molecule has 144 valence electrons. The van der Waals surface area contributed by atoms with Crippen LogP contribution in [-0.4, -0.2) is 32.2 Å². The lowest BCUT2D eigenvalue weighted by Crippen LogP contribution is -2.35. The van der Waals surface area contributed by atoms with E-state index in [1.165, 1.54) is 6.92 Å². The third-order valence-corrected chi connectivity index (χ3v) is 5.01. The van der Waals surface area contributed by atoms with Crippen molar-refractivity contribution in [3.05, 3.63) is 65.7 Å². The fraction of sp³-hybridized carbons (Fsp3) is 0.222. The molecule has 2 aromatic carbocycles. The van der Waals surface area contributed by atoms with Gasteiger partial charge >= 0.3 is 11.7 Å². The van der Waals surface area contributed by atoms with Crippen molar-refractivity contribution in [1.29, 1.82) is 0 Å². The van der Waals surface area contributed by atoms with Gasteiger partial charge in [-0.3, -0.25) is 4.79 Å². The Morgan fingerprint density at radius 2 is 1.63 bits per heavy atom. The number of carbonyl (C=O) groups is 2. The first-order valence-corrected chi connectivity index (χ1v) is 9.41. The van der Waals surface area contributed by atoms with Crippen LogP contribution >= 0.6 is 0 Å². The zero-order valence-electron chi connectivity index (χ0n) is 14.3. The smallest absolute Gasteiger partial charge is 0.341 e. The molecule has 0 spiro atoms. The highest BCUT2D eigenvalue weighted by Gasteiger charge is 2.27. The summed E-state index contributed by atoms with van der Waals surface area (Å²) in [5.41, 5.74) is 0.811. The molecule has 0 saturated heterocycles. The first kappa shape index (κ1) is 20.5. The molecule has 6 nitrogen and oxygen atoms in total. The summed E-state index contributed by atoms with van der Waals surface area (Å²) >= 11 is 0. The molecule has 0 heterocycles. The molecule has 2 rings (SSSR count). The van der Waals surface area contributed by atoms with Gasteiger partial charge in [-0.15, -0.1) is 0 Å². The summed E-state index contributed by atoms with van der Waals surface area (Å²) in [6, 6.07) is 13.0.